The van der Waals surface area contributed by atoms with Crippen LogP contribution in [-0.4, -0.2) is 12.6 Å². The predicted molar refractivity (Wildman–Crippen MR) is 51.8 cm³/mol. The van der Waals surface area contributed by atoms with Crippen LogP contribution < -0.4 is 5.32 Å². The fraction of sp³-hybridized carbons (Fsp3) is 1.00. The molecule has 11 heavy (non-hydrogen) atoms. The lowest BCUT2D eigenvalue weighted by Gasteiger charge is -2.40. The van der Waals surface area contributed by atoms with Crippen LogP contribution in [0.4, 0.5) is 0 Å². The number of nitrogens with one attached hydrogen (secondary N) is 1. The van der Waals surface area contributed by atoms with Gasteiger partial charge in [0.15, 0.2) is 0 Å². The van der Waals surface area contributed by atoms with Crippen molar-refractivity contribution < 1.29 is 0 Å². The highest BCUT2D eigenvalue weighted by Crippen LogP contribution is 2.33. The lowest BCUT2D eigenvalue weighted by Crippen LogP contribution is -2.47. The molecule has 0 aromatic carbocycles. The average molecular weight is 157 g/mol. The maximum atomic E-state index is 3.35. The molecular weight excluding hydrogens is 134 g/mol. The van der Waals surface area contributed by atoms with Crippen LogP contribution >= 0.6 is 0 Å². The second-order valence-corrected chi connectivity index (χ2v) is 5.06. The van der Waals surface area contributed by atoms with Crippen molar-refractivity contribution in [1.29, 1.82) is 0 Å². The van der Waals surface area contributed by atoms with Crippen molar-refractivity contribution in [2.45, 2.75) is 47.1 Å². The van der Waals surface area contributed by atoms with Gasteiger partial charge in [-0.2, -0.15) is 0 Å². The second kappa shape index (κ2) is 3.14. The summed E-state index contributed by atoms with van der Waals surface area (Å²) in [6.07, 6.45) is 0. The summed E-state index contributed by atoms with van der Waals surface area (Å²) in [6.45, 7) is 13.7. The Bertz CT molecular complexity index is 119. The predicted octanol–water partition coefficient (Wildman–Crippen LogP) is 2.67. The Morgan fingerprint density at radius 2 is 1.36 bits per heavy atom. The van der Waals surface area contributed by atoms with Gasteiger partial charge in [-0.05, 0) is 32.2 Å². The molecule has 0 heterocycles. The molecule has 1 heteroatoms. The minimum atomic E-state index is 0.234. The lowest BCUT2D eigenvalue weighted by atomic mass is 9.71. The molecule has 1 unspecified atom stereocenters. The van der Waals surface area contributed by atoms with E-state index >= 15 is 0 Å². The van der Waals surface area contributed by atoms with Gasteiger partial charge in [0.25, 0.3) is 0 Å². The smallest absolute Gasteiger partial charge is 0.0152 e. The summed E-state index contributed by atoms with van der Waals surface area (Å²) in [7, 11) is 2.03. The minimum absolute atomic E-state index is 0.234. The van der Waals surface area contributed by atoms with Crippen molar-refractivity contribution in [3.8, 4) is 0 Å². The summed E-state index contributed by atoms with van der Waals surface area (Å²) in [5.41, 5.74) is 0.616. The molecule has 0 aliphatic heterocycles. The highest BCUT2D eigenvalue weighted by molar-refractivity contribution is 4.88. The lowest BCUT2D eigenvalue weighted by molar-refractivity contribution is 0.145. The Morgan fingerprint density at radius 1 is 1.00 bits per heavy atom. The summed E-state index contributed by atoms with van der Waals surface area (Å²) in [4.78, 5) is 0. The van der Waals surface area contributed by atoms with E-state index in [0.717, 1.165) is 0 Å². The summed E-state index contributed by atoms with van der Waals surface area (Å²) in [5.74, 6) is 0.667. The van der Waals surface area contributed by atoms with E-state index in [1.54, 1.807) is 0 Å². The fourth-order valence-electron chi connectivity index (χ4n) is 1.30. The molecule has 0 aliphatic carbocycles. The average Bonchev–Trinajstić information content (AvgIpc) is 1.84. The third-order valence-corrected chi connectivity index (χ3v) is 3.03. The first-order valence-electron chi connectivity index (χ1n) is 4.40. The standard InChI is InChI=1S/C10H23N/c1-8(9(2,3)4)10(5,6)11-7/h8,11H,1-7H3. The molecular formula is C10H23N. The van der Waals surface area contributed by atoms with E-state index in [1.165, 1.54) is 0 Å². The van der Waals surface area contributed by atoms with Crippen molar-refractivity contribution in [1.82, 2.24) is 5.32 Å². The zero-order valence-corrected chi connectivity index (χ0v) is 9.08. The third-order valence-electron chi connectivity index (χ3n) is 3.03. The van der Waals surface area contributed by atoms with E-state index < -0.39 is 0 Å². The van der Waals surface area contributed by atoms with Crippen LogP contribution in [0.1, 0.15) is 41.5 Å². The van der Waals surface area contributed by atoms with Crippen LogP contribution in [0.15, 0.2) is 0 Å². The van der Waals surface area contributed by atoms with E-state index in [9.17, 15) is 0 Å². The zero-order chi connectivity index (χ0) is 9.28. The van der Waals surface area contributed by atoms with Crippen molar-refractivity contribution in [3.05, 3.63) is 0 Å². The van der Waals surface area contributed by atoms with Crippen LogP contribution in [0.5, 0.6) is 0 Å². The van der Waals surface area contributed by atoms with E-state index in [0.29, 0.717) is 11.3 Å². The Morgan fingerprint density at radius 3 is 1.45 bits per heavy atom. The van der Waals surface area contributed by atoms with Gasteiger partial charge in [-0.25, -0.2) is 0 Å². The maximum absolute atomic E-state index is 3.35. The topological polar surface area (TPSA) is 12.0 Å². The summed E-state index contributed by atoms with van der Waals surface area (Å²) in [5, 5.41) is 3.35. The van der Waals surface area contributed by atoms with Gasteiger partial charge in [-0.3, -0.25) is 0 Å². The normalized spacial score (nSPS) is 16.6. The summed E-state index contributed by atoms with van der Waals surface area (Å²) in [6, 6.07) is 0. The largest absolute Gasteiger partial charge is 0.315 e. The molecule has 1 nitrogen and oxygen atoms in total. The number of hydrogen-bond donors (Lipinski definition) is 1. The molecule has 0 saturated heterocycles. The van der Waals surface area contributed by atoms with Crippen molar-refractivity contribution >= 4 is 0 Å². The minimum Gasteiger partial charge on any atom is -0.315 e. The molecule has 0 amide bonds. The van der Waals surface area contributed by atoms with Crippen LogP contribution in [0.2, 0.25) is 0 Å². The maximum Gasteiger partial charge on any atom is 0.0152 e. The first kappa shape index (κ1) is 11.0. The monoisotopic (exact) mass is 157 g/mol. The molecule has 0 radical (unpaired) electrons. The van der Waals surface area contributed by atoms with Crippen LogP contribution in [-0.2, 0) is 0 Å². The van der Waals surface area contributed by atoms with E-state index in [1.807, 2.05) is 7.05 Å². The van der Waals surface area contributed by atoms with Gasteiger partial charge in [0.05, 0.1) is 0 Å². The van der Waals surface area contributed by atoms with Crippen LogP contribution in [0, 0.1) is 11.3 Å². The SMILES string of the molecule is CNC(C)(C)C(C)C(C)(C)C. The van der Waals surface area contributed by atoms with Crippen molar-refractivity contribution in [2.24, 2.45) is 11.3 Å². The highest BCUT2D eigenvalue weighted by Gasteiger charge is 2.32. The molecule has 0 aromatic heterocycles. The molecule has 0 spiro atoms. The van der Waals surface area contributed by atoms with Gasteiger partial charge in [0.2, 0.25) is 0 Å². The van der Waals surface area contributed by atoms with E-state index in [4.69, 9.17) is 0 Å². The zero-order valence-electron chi connectivity index (χ0n) is 9.08. The Balaban J connectivity index is 4.35. The Kier molecular flexibility index (Phi) is 3.13. The van der Waals surface area contributed by atoms with Crippen LogP contribution in [0.3, 0.4) is 0 Å². The van der Waals surface area contributed by atoms with Crippen molar-refractivity contribution in [3.63, 3.8) is 0 Å². The van der Waals surface area contributed by atoms with E-state index in [-0.39, 0.29) is 5.54 Å². The quantitative estimate of drug-likeness (QED) is 0.650. The molecule has 0 bridgehead atoms. The van der Waals surface area contributed by atoms with E-state index in [2.05, 4.69) is 46.9 Å². The van der Waals surface area contributed by atoms with Crippen molar-refractivity contribution in [2.75, 3.05) is 7.05 Å². The van der Waals surface area contributed by atoms with Crippen LogP contribution in [0.25, 0.3) is 0 Å². The Hall–Kier alpha value is -0.0400. The molecule has 1 N–H and O–H groups in total. The number of hydrogen-bond acceptors (Lipinski definition) is 1. The molecule has 68 valence electrons. The van der Waals surface area contributed by atoms with Gasteiger partial charge in [-0.1, -0.05) is 27.7 Å². The molecule has 1 atom stereocenters. The molecule has 0 fully saturated rings. The van der Waals surface area contributed by atoms with Gasteiger partial charge in [-0.15, -0.1) is 0 Å². The van der Waals surface area contributed by atoms with Gasteiger partial charge in [0, 0.05) is 5.54 Å². The summed E-state index contributed by atoms with van der Waals surface area (Å²) >= 11 is 0. The second-order valence-electron chi connectivity index (χ2n) is 5.06. The molecule has 0 saturated carbocycles. The highest BCUT2D eigenvalue weighted by atomic mass is 14.9. The van der Waals surface area contributed by atoms with Gasteiger partial charge < -0.3 is 5.32 Å². The third kappa shape index (κ3) is 2.82. The molecule has 0 aromatic rings. The van der Waals surface area contributed by atoms with Gasteiger partial charge >= 0.3 is 0 Å². The molecule has 0 rings (SSSR count). The number of rotatable bonds is 2. The Labute approximate surface area is 71.6 Å². The summed E-state index contributed by atoms with van der Waals surface area (Å²) < 4.78 is 0. The van der Waals surface area contributed by atoms with Gasteiger partial charge in [0.1, 0.15) is 0 Å². The molecule has 0 aliphatic rings. The first-order chi connectivity index (χ1) is 4.72. The first-order valence-corrected chi connectivity index (χ1v) is 4.40. The fourth-order valence-corrected chi connectivity index (χ4v) is 1.30.